The maximum Gasteiger partial charge on any atom is 0.254 e. The molecule has 1 aliphatic heterocycles. The van der Waals surface area contributed by atoms with Crippen molar-refractivity contribution in [1.82, 2.24) is 4.90 Å². The summed E-state index contributed by atoms with van der Waals surface area (Å²) in [6.07, 6.45) is 1.51. The van der Waals surface area contributed by atoms with Gasteiger partial charge in [-0.25, -0.2) is 0 Å². The molecular formula is C15H20N2O2. The standard InChI is InChI=1S/C15H20N2O2/c1-10(2)11-5-3-6-12(9-11)15(19)17-8-4-7-13(17)14(16)18/h3,5-6,9-10,13H,4,7-8H2,1-2H3,(H2,16,18). The minimum atomic E-state index is -0.449. The number of hydrogen-bond donors (Lipinski definition) is 1. The molecule has 1 fully saturated rings. The Labute approximate surface area is 113 Å². The third-order valence-corrected chi connectivity index (χ3v) is 3.64. The van der Waals surface area contributed by atoms with Crippen molar-refractivity contribution >= 4 is 11.8 Å². The van der Waals surface area contributed by atoms with Crippen LogP contribution < -0.4 is 5.73 Å². The fourth-order valence-corrected chi connectivity index (χ4v) is 2.50. The van der Waals surface area contributed by atoms with E-state index in [-0.39, 0.29) is 5.91 Å². The van der Waals surface area contributed by atoms with Gasteiger partial charge in [-0.2, -0.15) is 0 Å². The predicted octanol–water partition coefficient (Wildman–Crippen LogP) is 1.90. The van der Waals surface area contributed by atoms with Crippen molar-refractivity contribution in [3.05, 3.63) is 35.4 Å². The molecule has 4 nitrogen and oxygen atoms in total. The first kappa shape index (κ1) is 13.6. The van der Waals surface area contributed by atoms with Crippen LogP contribution in [0.4, 0.5) is 0 Å². The van der Waals surface area contributed by atoms with Gasteiger partial charge in [-0.05, 0) is 36.5 Å². The van der Waals surface area contributed by atoms with Gasteiger partial charge in [-0.3, -0.25) is 9.59 Å². The van der Waals surface area contributed by atoms with Gasteiger partial charge >= 0.3 is 0 Å². The second-order valence-corrected chi connectivity index (χ2v) is 5.34. The zero-order valence-electron chi connectivity index (χ0n) is 11.4. The van der Waals surface area contributed by atoms with Gasteiger partial charge in [0.15, 0.2) is 0 Å². The molecular weight excluding hydrogens is 240 g/mol. The Morgan fingerprint density at radius 3 is 2.74 bits per heavy atom. The van der Waals surface area contributed by atoms with Crippen LogP contribution in [0.3, 0.4) is 0 Å². The minimum Gasteiger partial charge on any atom is -0.368 e. The Morgan fingerprint density at radius 2 is 2.11 bits per heavy atom. The maximum atomic E-state index is 12.5. The van der Waals surface area contributed by atoms with Crippen LogP contribution in [0.15, 0.2) is 24.3 Å². The van der Waals surface area contributed by atoms with E-state index in [9.17, 15) is 9.59 Å². The zero-order chi connectivity index (χ0) is 14.0. The summed E-state index contributed by atoms with van der Waals surface area (Å²) in [6.45, 7) is 4.79. The van der Waals surface area contributed by atoms with Crippen molar-refractivity contribution in [2.45, 2.75) is 38.6 Å². The summed E-state index contributed by atoms with van der Waals surface area (Å²) < 4.78 is 0. The molecule has 1 heterocycles. The van der Waals surface area contributed by atoms with Crippen LogP contribution in [0.25, 0.3) is 0 Å². The third-order valence-electron chi connectivity index (χ3n) is 3.64. The van der Waals surface area contributed by atoms with Crippen LogP contribution in [0.2, 0.25) is 0 Å². The van der Waals surface area contributed by atoms with E-state index in [4.69, 9.17) is 5.73 Å². The molecule has 2 N–H and O–H groups in total. The highest BCUT2D eigenvalue weighted by Crippen LogP contribution is 2.22. The number of carbonyl (C=O) groups excluding carboxylic acids is 2. The number of benzene rings is 1. The molecule has 102 valence electrons. The number of hydrogen-bond acceptors (Lipinski definition) is 2. The van der Waals surface area contributed by atoms with Gasteiger partial charge in [0.2, 0.25) is 5.91 Å². The first-order valence-corrected chi connectivity index (χ1v) is 6.71. The summed E-state index contributed by atoms with van der Waals surface area (Å²) in [5.41, 5.74) is 7.11. The minimum absolute atomic E-state index is 0.0937. The fraction of sp³-hybridized carbons (Fsp3) is 0.467. The van der Waals surface area contributed by atoms with E-state index in [1.165, 1.54) is 0 Å². The molecule has 1 aliphatic rings. The number of amides is 2. The number of likely N-dealkylation sites (tertiary alicyclic amines) is 1. The van der Waals surface area contributed by atoms with Gasteiger partial charge in [0.1, 0.15) is 6.04 Å². The molecule has 1 unspecified atom stereocenters. The van der Waals surface area contributed by atoms with Crippen LogP contribution in [0.5, 0.6) is 0 Å². The van der Waals surface area contributed by atoms with E-state index in [0.29, 0.717) is 24.4 Å². The molecule has 1 aromatic rings. The van der Waals surface area contributed by atoms with Gasteiger partial charge in [-0.1, -0.05) is 26.0 Å². The molecule has 2 rings (SSSR count). The Morgan fingerprint density at radius 1 is 1.37 bits per heavy atom. The summed E-state index contributed by atoms with van der Waals surface area (Å²) in [7, 11) is 0. The number of primary amides is 1. The van der Waals surface area contributed by atoms with Crippen molar-refractivity contribution in [2.24, 2.45) is 5.73 Å². The van der Waals surface area contributed by atoms with Crippen LogP contribution in [0.1, 0.15) is 48.5 Å². The molecule has 0 radical (unpaired) electrons. The van der Waals surface area contributed by atoms with Gasteiger partial charge in [-0.15, -0.1) is 0 Å². The second-order valence-electron chi connectivity index (χ2n) is 5.34. The van der Waals surface area contributed by atoms with Crippen LogP contribution in [-0.4, -0.2) is 29.3 Å². The van der Waals surface area contributed by atoms with E-state index < -0.39 is 11.9 Å². The lowest BCUT2D eigenvalue weighted by Gasteiger charge is -2.22. The van der Waals surface area contributed by atoms with Gasteiger partial charge in [0, 0.05) is 12.1 Å². The highest BCUT2D eigenvalue weighted by atomic mass is 16.2. The first-order valence-electron chi connectivity index (χ1n) is 6.71. The van der Waals surface area contributed by atoms with Crippen molar-refractivity contribution in [2.75, 3.05) is 6.54 Å². The Hall–Kier alpha value is -1.84. The van der Waals surface area contributed by atoms with E-state index in [1.807, 2.05) is 18.2 Å². The quantitative estimate of drug-likeness (QED) is 0.902. The molecule has 2 amide bonds. The van der Waals surface area contributed by atoms with Gasteiger partial charge < -0.3 is 10.6 Å². The lowest BCUT2D eigenvalue weighted by atomic mass is 10.0. The predicted molar refractivity (Wildman–Crippen MR) is 73.8 cm³/mol. The average Bonchev–Trinajstić information content (AvgIpc) is 2.87. The van der Waals surface area contributed by atoms with E-state index >= 15 is 0 Å². The normalized spacial score (nSPS) is 18.9. The Balaban J connectivity index is 2.24. The number of rotatable bonds is 3. The largest absolute Gasteiger partial charge is 0.368 e. The Kier molecular flexibility index (Phi) is 3.88. The van der Waals surface area contributed by atoms with Crippen molar-refractivity contribution < 1.29 is 9.59 Å². The van der Waals surface area contributed by atoms with Crippen LogP contribution >= 0.6 is 0 Å². The molecule has 0 aromatic heterocycles. The van der Waals surface area contributed by atoms with Crippen molar-refractivity contribution in [3.8, 4) is 0 Å². The SMILES string of the molecule is CC(C)c1cccc(C(=O)N2CCCC2C(N)=O)c1. The first-order chi connectivity index (χ1) is 9.00. The summed E-state index contributed by atoms with van der Waals surface area (Å²) in [5, 5.41) is 0. The van der Waals surface area contributed by atoms with E-state index in [0.717, 1.165) is 12.0 Å². The van der Waals surface area contributed by atoms with Gasteiger partial charge in [0.25, 0.3) is 5.91 Å². The van der Waals surface area contributed by atoms with Crippen LogP contribution in [-0.2, 0) is 4.79 Å². The Bertz CT molecular complexity index is 497. The molecule has 1 atom stereocenters. The maximum absolute atomic E-state index is 12.5. The molecule has 0 aliphatic carbocycles. The van der Waals surface area contributed by atoms with Gasteiger partial charge in [0.05, 0.1) is 0 Å². The number of nitrogens with two attached hydrogens (primary N) is 1. The summed E-state index contributed by atoms with van der Waals surface area (Å²) in [6, 6.07) is 7.15. The molecule has 1 saturated heterocycles. The molecule has 19 heavy (non-hydrogen) atoms. The lowest BCUT2D eigenvalue weighted by molar-refractivity contribution is -0.121. The summed E-state index contributed by atoms with van der Waals surface area (Å²) in [4.78, 5) is 25.4. The summed E-state index contributed by atoms with van der Waals surface area (Å²) in [5.74, 6) is -0.132. The monoisotopic (exact) mass is 260 g/mol. The lowest BCUT2D eigenvalue weighted by Crippen LogP contribution is -2.43. The third kappa shape index (κ3) is 2.78. The average molecular weight is 260 g/mol. The smallest absolute Gasteiger partial charge is 0.254 e. The number of carbonyl (C=O) groups is 2. The highest BCUT2D eigenvalue weighted by molar-refractivity contribution is 5.97. The van der Waals surface area contributed by atoms with E-state index in [1.54, 1.807) is 11.0 Å². The number of nitrogens with zero attached hydrogens (tertiary/aromatic N) is 1. The zero-order valence-corrected chi connectivity index (χ0v) is 11.4. The molecule has 0 bridgehead atoms. The summed E-state index contributed by atoms with van der Waals surface area (Å²) >= 11 is 0. The fourth-order valence-electron chi connectivity index (χ4n) is 2.50. The topological polar surface area (TPSA) is 63.4 Å². The van der Waals surface area contributed by atoms with E-state index in [2.05, 4.69) is 13.8 Å². The van der Waals surface area contributed by atoms with Crippen LogP contribution in [0, 0.1) is 0 Å². The highest BCUT2D eigenvalue weighted by Gasteiger charge is 2.33. The molecule has 0 spiro atoms. The molecule has 0 saturated carbocycles. The molecule has 4 heteroatoms. The second kappa shape index (κ2) is 5.43. The van der Waals surface area contributed by atoms with Crippen molar-refractivity contribution in [1.29, 1.82) is 0 Å². The molecule has 1 aromatic carbocycles. The van der Waals surface area contributed by atoms with Crippen molar-refractivity contribution in [3.63, 3.8) is 0 Å².